The molecule has 0 amide bonds. The molecule has 3 rings (SSSR count). The fourth-order valence-electron chi connectivity index (χ4n) is 2.91. The van der Waals surface area contributed by atoms with E-state index >= 15 is 0 Å². The summed E-state index contributed by atoms with van der Waals surface area (Å²) in [4.78, 5) is 0. The van der Waals surface area contributed by atoms with Crippen LogP contribution in [0, 0.1) is 6.92 Å². The number of phenols is 1. The average molecular weight is 291 g/mol. The van der Waals surface area contributed by atoms with Crippen molar-refractivity contribution in [3.63, 3.8) is 0 Å². The van der Waals surface area contributed by atoms with Gasteiger partial charge >= 0.3 is 0 Å². The summed E-state index contributed by atoms with van der Waals surface area (Å²) in [7, 11) is 0. The van der Waals surface area contributed by atoms with Gasteiger partial charge in [0.25, 0.3) is 0 Å². The second kappa shape index (κ2) is 6.10. The molecule has 0 aliphatic carbocycles. The van der Waals surface area contributed by atoms with Gasteiger partial charge in [-0.3, -0.25) is 0 Å². The smallest absolute Gasteiger partial charge is 0.115 e. The van der Waals surface area contributed by atoms with Crippen LogP contribution in [0.5, 0.6) is 5.75 Å². The third kappa shape index (κ3) is 3.06. The monoisotopic (exact) mass is 291 g/mol. The Morgan fingerprint density at radius 2 is 1.59 bits per heavy atom. The van der Waals surface area contributed by atoms with E-state index in [1.165, 1.54) is 21.9 Å². The van der Waals surface area contributed by atoms with E-state index in [2.05, 4.69) is 55.6 Å². The summed E-state index contributed by atoms with van der Waals surface area (Å²) in [6.07, 6.45) is 0.960. The van der Waals surface area contributed by atoms with Crippen molar-refractivity contribution in [3.05, 3.63) is 71.8 Å². The molecule has 0 aliphatic rings. The largest absolute Gasteiger partial charge is 0.508 e. The van der Waals surface area contributed by atoms with Gasteiger partial charge in [-0.25, -0.2) is 0 Å². The molecular formula is C20H21NO. The Morgan fingerprint density at radius 1 is 0.909 bits per heavy atom. The first-order valence-electron chi connectivity index (χ1n) is 7.66. The van der Waals surface area contributed by atoms with E-state index in [9.17, 15) is 5.11 Å². The highest BCUT2D eigenvalue weighted by Gasteiger charge is 2.08. The number of aryl methyl sites for hydroxylation is 1. The Labute approximate surface area is 131 Å². The van der Waals surface area contributed by atoms with Crippen LogP contribution in [0.4, 0.5) is 5.69 Å². The normalized spacial score (nSPS) is 12.3. The van der Waals surface area contributed by atoms with Crippen LogP contribution in [0.25, 0.3) is 10.8 Å². The number of hydrogen-bond donors (Lipinski definition) is 2. The number of nitrogens with one attached hydrogen (secondary N) is 1. The second-order valence-electron chi connectivity index (χ2n) is 5.88. The predicted molar refractivity (Wildman–Crippen MR) is 93.6 cm³/mol. The first kappa shape index (κ1) is 14.5. The Bertz CT molecular complexity index is 777. The lowest BCUT2D eigenvalue weighted by Crippen LogP contribution is -2.18. The molecule has 0 aliphatic heterocycles. The molecule has 0 spiro atoms. The summed E-state index contributed by atoms with van der Waals surface area (Å²) in [6, 6.07) is 20.5. The number of benzene rings is 3. The highest BCUT2D eigenvalue weighted by molar-refractivity contribution is 5.88. The van der Waals surface area contributed by atoms with Crippen molar-refractivity contribution in [2.75, 3.05) is 5.32 Å². The van der Waals surface area contributed by atoms with E-state index in [0.717, 1.165) is 12.1 Å². The summed E-state index contributed by atoms with van der Waals surface area (Å²) in [5.74, 6) is 0.294. The molecule has 0 heterocycles. The number of fused-ring (bicyclic) bond motifs is 1. The lowest BCUT2D eigenvalue weighted by Gasteiger charge is -2.17. The molecule has 0 bridgehead atoms. The van der Waals surface area contributed by atoms with Gasteiger partial charge in [-0.05, 0) is 66.4 Å². The van der Waals surface area contributed by atoms with Crippen molar-refractivity contribution in [1.29, 1.82) is 0 Å². The van der Waals surface area contributed by atoms with Crippen molar-refractivity contribution in [3.8, 4) is 5.75 Å². The zero-order chi connectivity index (χ0) is 15.5. The third-order valence-electron chi connectivity index (χ3n) is 4.04. The molecule has 3 aromatic rings. The van der Waals surface area contributed by atoms with Crippen LogP contribution >= 0.6 is 0 Å². The van der Waals surface area contributed by atoms with E-state index in [4.69, 9.17) is 0 Å². The fourth-order valence-corrected chi connectivity index (χ4v) is 2.91. The number of hydrogen-bond acceptors (Lipinski definition) is 2. The molecule has 112 valence electrons. The Kier molecular flexibility index (Phi) is 4.01. The molecule has 2 heteroatoms. The van der Waals surface area contributed by atoms with Crippen molar-refractivity contribution in [1.82, 2.24) is 0 Å². The molecule has 22 heavy (non-hydrogen) atoms. The summed E-state index contributed by atoms with van der Waals surface area (Å²) in [5, 5.41) is 15.5. The third-order valence-corrected chi connectivity index (χ3v) is 4.04. The van der Waals surface area contributed by atoms with Gasteiger partial charge in [0.2, 0.25) is 0 Å². The maximum absolute atomic E-state index is 9.34. The lowest BCUT2D eigenvalue weighted by molar-refractivity contribution is 0.475. The van der Waals surface area contributed by atoms with E-state index in [1.54, 1.807) is 12.1 Å². The van der Waals surface area contributed by atoms with Crippen LogP contribution in [-0.4, -0.2) is 11.1 Å². The predicted octanol–water partition coefficient (Wildman–Crippen LogP) is 4.90. The van der Waals surface area contributed by atoms with Crippen molar-refractivity contribution in [2.45, 2.75) is 26.3 Å². The van der Waals surface area contributed by atoms with Gasteiger partial charge in [-0.1, -0.05) is 36.4 Å². The van der Waals surface area contributed by atoms with E-state index in [0.29, 0.717) is 11.8 Å². The molecular weight excluding hydrogens is 270 g/mol. The standard InChI is InChI=1S/C20H21NO/c1-14-7-8-16(20-6-4-3-5-19(14)20)13-15(2)21-17-9-11-18(22)12-10-17/h3-12,15,21-22H,13H2,1-2H3. The van der Waals surface area contributed by atoms with E-state index in [1.807, 2.05) is 12.1 Å². The minimum Gasteiger partial charge on any atom is -0.508 e. The number of aromatic hydroxyl groups is 1. The Morgan fingerprint density at radius 3 is 2.32 bits per heavy atom. The molecule has 0 saturated carbocycles. The Balaban J connectivity index is 1.81. The second-order valence-corrected chi connectivity index (χ2v) is 5.88. The minimum absolute atomic E-state index is 0.294. The van der Waals surface area contributed by atoms with Gasteiger partial charge in [-0.15, -0.1) is 0 Å². The number of rotatable bonds is 4. The number of anilines is 1. The zero-order valence-electron chi connectivity index (χ0n) is 13.0. The average Bonchev–Trinajstić information content (AvgIpc) is 2.53. The van der Waals surface area contributed by atoms with Gasteiger partial charge in [0, 0.05) is 11.7 Å². The van der Waals surface area contributed by atoms with Gasteiger partial charge in [0.1, 0.15) is 5.75 Å². The molecule has 3 aromatic carbocycles. The highest BCUT2D eigenvalue weighted by atomic mass is 16.3. The molecule has 0 radical (unpaired) electrons. The molecule has 2 nitrogen and oxygen atoms in total. The van der Waals surface area contributed by atoms with Crippen LogP contribution < -0.4 is 5.32 Å². The van der Waals surface area contributed by atoms with Crippen LogP contribution in [0.2, 0.25) is 0 Å². The first-order valence-corrected chi connectivity index (χ1v) is 7.66. The van der Waals surface area contributed by atoms with Crippen molar-refractivity contribution >= 4 is 16.5 Å². The van der Waals surface area contributed by atoms with Crippen LogP contribution in [0.15, 0.2) is 60.7 Å². The highest BCUT2D eigenvalue weighted by Crippen LogP contribution is 2.24. The summed E-state index contributed by atoms with van der Waals surface area (Å²) < 4.78 is 0. The SMILES string of the molecule is Cc1ccc(CC(C)Nc2ccc(O)cc2)c2ccccc12. The maximum Gasteiger partial charge on any atom is 0.115 e. The van der Waals surface area contributed by atoms with Gasteiger partial charge in [0.15, 0.2) is 0 Å². The van der Waals surface area contributed by atoms with Crippen LogP contribution in [-0.2, 0) is 6.42 Å². The van der Waals surface area contributed by atoms with Gasteiger partial charge in [0.05, 0.1) is 0 Å². The zero-order valence-corrected chi connectivity index (χ0v) is 13.0. The number of phenolic OH excluding ortho intramolecular Hbond substituents is 1. The summed E-state index contributed by atoms with van der Waals surface area (Å²) >= 11 is 0. The molecule has 1 atom stereocenters. The summed E-state index contributed by atoms with van der Waals surface area (Å²) in [5.41, 5.74) is 3.71. The van der Waals surface area contributed by atoms with E-state index in [-0.39, 0.29) is 0 Å². The van der Waals surface area contributed by atoms with Gasteiger partial charge < -0.3 is 10.4 Å². The fraction of sp³-hybridized carbons (Fsp3) is 0.200. The lowest BCUT2D eigenvalue weighted by atomic mass is 9.96. The maximum atomic E-state index is 9.34. The van der Waals surface area contributed by atoms with E-state index < -0.39 is 0 Å². The van der Waals surface area contributed by atoms with Crippen LogP contribution in [0.3, 0.4) is 0 Å². The Hall–Kier alpha value is -2.48. The van der Waals surface area contributed by atoms with Crippen LogP contribution in [0.1, 0.15) is 18.1 Å². The molecule has 0 fully saturated rings. The molecule has 0 aromatic heterocycles. The quantitative estimate of drug-likeness (QED) is 0.670. The molecule has 2 N–H and O–H groups in total. The summed E-state index contributed by atoms with van der Waals surface area (Å²) in [6.45, 7) is 4.34. The molecule has 1 unspecified atom stereocenters. The first-order chi connectivity index (χ1) is 10.6. The van der Waals surface area contributed by atoms with Gasteiger partial charge in [-0.2, -0.15) is 0 Å². The minimum atomic E-state index is 0.294. The van der Waals surface area contributed by atoms with Crippen molar-refractivity contribution < 1.29 is 5.11 Å². The topological polar surface area (TPSA) is 32.3 Å². The molecule has 0 saturated heterocycles. The van der Waals surface area contributed by atoms with Crippen molar-refractivity contribution in [2.24, 2.45) is 0 Å².